The number of fused-ring (bicyclic) bond motifs is 1. The second-order valence-electron chi connectivity index (χ2n) is 4.93. The van der Waals surface area contributed by atoms with E-state index in [4.69, 9.17) is 10.5 Å². The topological polar surface area (TPSA) is 79.2 Å². The molecule has 3 aromatic rings. The van der Waals surface area contributed by atoms with Gasteiger partial charge in [0.25, 0.3) is 5.91 Å². The Labute approximate surface area is 126 Å². The van der Waals surface area contributed by atoms with E-state index in [9.17, 15) is 9.59 Å². The van der Waals surface area contributed by atoms with E-state index in [1.54, 1.807) is 49.5 Å². The molecule has 0 bridgehead atoms. The van der Waals surface area contributed by atoms with Gasteiger partial charge >= 0.3 is 5.69 Å². The van der Waals surface area contributed by atoms with Crippen LogP contribution in [0, 0.1) is 0 Å². The normalized spacial score (nSPS) is 10.8. The zero-order chi connectivity index (χ0) is 15.9. The fourth-order valence-electron chi connectivity index (χ4n) is 2.50. The average molecular weight is 297 g/mol. The molecule has 0 radical (unpaired) electrons. The molecule has 1 heterocycles. The molecule has 0 atom stereocenters. The Morgan fingerprint density at radius 1 is 1.14 bits per heavy atom. The molecule has 0 aliphatic carbocycles. The number of benzene rings is 2. The van der Waals surface area contributed by atoms with Crippen molar-refractivity contribution < 1.29 is 9.53 Å². The van der Waals surface area contributed by atoms with Crippen LogP contribution in [0.5, 0.6) is 5.75 Å². The van der Waals surface area contributed by atoms with Crippen molar-refractivity contribution in [3.63, 3.8) is 0 Å². The number of carbonyl (C=O) groups excluding carboxylic acids is 1. The second kappa shape index (κ2) is 5.07. The van der Waals surface area contributed by atoms with Crippen LogP contribution < -0.4 is 16.2 Å². The smallest absolute Gasteiger partial charge is 0.335 e. The molecule has 2 aromatic carbocycles. The molecule has 6 nitrogen and oxygen atoms in total. The van der Waals surface area contributed by atoms with E-state index >= 15 is 0 Å². The lowest BCUT2D eigenvalue weighted by Crippen LogP contribution is -2.28. The van der Waals surface area contributed by atoms with E-state index in [1.807, 2.05) is 0 Å². The highest BCUT2D eigenvalue weighted by Gasteiger charge is 2.20. The third kappa shape index (κ3) is 1.96. The van der Waals surface area contributed by atoms with Crippen LogP contribution in [-0.4, -0.2) is 22.2 Å². The van der Waals surface area contributed by atoms with Crippen LogP contribution in [0.3, 0.4) is 0 Å². The number of nitrogens with zero attached hydrogens (tertiary/aromatic N) is 2. The Balaban J connectivity index is 2.30. The summed E-state index contributed by atoms with van der Waals surface area (Å²) in [5.74, 6) is -0.0287. The fourth-order valence-corrected chi connectivity index (χ4v) is 2.50. The third-order valence-electron chi connectivity index (χ3n) is 3.62. The van der Waals surface area contributed by atoms with Gasteiger partial charge in [0.15, 0.2) is 0 Å². The first kappa shape index (κ1) is 13.9. The van der Waals surface area contributed by atoms with Gasteiger partial charge in [-0.05, 0) is 30.3 Å². The Kier molecular flexibility index (Phi) is 3.21. The maximum atomic E-state index is 12.8. The van der Waals surface area contributed by atoms with Crippen LogP contribution in [0.25, 0.3) is 11.0 Å². The number of rotatable bonds is 2. The van der Waals surface area contributed by atoms with Crippen molar-refractivity contribution >= 4 is 22.6 Å². The highest BCUT2D eigenvalue weighted by molar-refractivity contribution is 6.03. The van der Waals surface area contributed by atoms with Crippen molar-refractivity contribution in [1.29, 1.82) is 0 Å². The number of nitrogens with two attached hydrogens (primary N) is 1. The molecule has 0 saturated heterocycles. The predicted molar refractivity (Wildman–Crippen MR) is 84.3 cm³/mol. The van der Waals surface area contributed by atoms with Crippen LogP contribution in [0.2, 0.25) is 0 Å². The molecule has 0 aliphatic rings. The summed E-state index contributed by atoms with van der Waals surface area (Å²) in [4.78, 5) is 25.3. The quantitative estimate of drug-likeness (QED) is 0.729. The fraction of sp³-hybridized carbons (Fsp3) is 0.125. The molecule has 3 rings (SSSR count). The van der Waals surface area contributed by atoms with E-state index in [2.05, 4.69) is 0 Å². The number of ether oxygens (including phenoxy) is 1. The molecule has 0 saturated carbocycles. The Morgan fingerprint density at radius 2 is 1.86 bits per heavy atom. The van der Waals surface area contributed by atoms with E-state index < -0.39 is 11.6 Å². The summed E-state index contributed by atoms with van der Waals surface area (Å²) in [6.45, 7) is 0. The first-order valence-electron chi connectivity index (χ1n) is 6.69. The minimum absolute atomic E-state index is 0.321. The molecule has 0 unspecified atom stereocenters. The minimum atomic E-state index is -0.446. The number of nitrogen functional groups attached to an aromatic ring is 1. The summed E-state index contributed by atoms with van der Waals surface area (Å²) in [6, 6.07) is 11.8. The number of imidazole rings is 1. The lowest BCUT2D eigenvalue weighted by Gasteiger charge is -2.07. The zero-order valence-electron chi connectivity index (χ0n) is 12.2. The van der Waals surface area contributed by atoms with Gasteiger partial charge in [-0.15, -0.1) is 0 Å². The lowest BCUT2D eigenvalue weighted by molar-refractivity contribution is 0.0957. The summed E-state index contributed by atoms with van der Waals surface area (Å²) >= 11 is 0. The van der Waals surface area contributed by atoms with Gasteiger partial charge in [0.1, 0.15) is 5.75 Å². The number of aromatic nitrogens is 2. The monoisotopic (exact) mass is 297 g/mol. The third-order valence-corrected chi connectivity index (χ3v) is 3.62. The van der Waals surface area contributed by atoms with E-state index in [0.717, 1.165) is 4.57 Å². The average Bonchev–Trinajstić information content (AvgIpc) is 2.77. The summed E-state index contributed by atoms with van der Waals surface area (Å²) < 4.78 is 7.74. The minimum Gasteiger partial charge on any atom is -0.496 e. The molecule has 0 aliphatic heterocycles. The highest BCUT2D eigenvalue weighted by atomic mass is 16.5. The van der Waals surface area contributed by atoms with Crippen molar-refractivity contribution in [2.45, 2.75) is 0 Å². The first-order valence-corrected chi connectivity index (χ1v) is 6.69. The van der Waals surface area contributed by atoms with Gasteiger partial charge in [0, 0.05) is 12.7 Å². The Hall–Kier alpha value is -3.02. The molecule has 6 heteroatoms. The Bertz CT molecular complexity index is 937. The molecule has 0 amide bonds. The van der Waals surface area contributed by atoms with Crippen LogP contribution in [-0.2, 0) is 7.05 Å². The molecule has 22 heavy (non-hydrogen) atoms. The van der Waals surface area contributed by atoms with Crippen molar-refractivity contribution in [1.82, 2.24) is 9.13 Å². The zero-order valence-corrected chi connectivity index (χ0v) is 12.2. The van der Waals surface area contributed by atoms with Gasteiger partial charge < -0.3 is 10.5 Å². The summed E-state index contributed by atoms with van der Waals surface area (Å²) in [6.07, 6.45) is 0. The number of methoxy groups -OCH3 is 1. The standard InChI is InChI=1S/C16H15N3O3/c1-18-12-8-7-10(17)9-13(12)19(16(18)21)15(20)11-5-3-4-6-14(11)22-2/h3-9H,17H2,1-2H3. The highest BCUT2D eigenvalue weighted by Crippen LogP contribution is 2.21. The second-order valence-corrected chi connectivity index (χ2v) is 4.93. The maximum absolute atomic E-state index is 12.8. The molecule has 0 fully saturated rings. The molecule has 2 N–H and O–H groups in total. The van der Waals surface area contributed by atoms with Gasteiger partial charge in [0.2, 0.25) is 0 Å². The van der Waals surface area contributed by atoms with Crippen LogP contribution >= 0.6 is 0 Å². The maximum Gasteiger partial charge on any atom is 0.335 e. The molecular weight excluding hydrogens is 282 g/mol. The van der Waals surface area contributed by atoms with Crippen LogP contribution in [0.1, 0.15) is 10.4 Å². The summed E-state index contributed by atoms with van der Waals surface area (Å²) in [7, 11) is 3.10. The van der Waals surface area contributed by atoms with Crippen LogP contribution in [0.15, 0.2) is 47.3 Å². The van der Waals surface area contributed by atoms with E-state index in [1.165, 1.54) is 11.7 Å². The van der Waals surface area contributed by atoms with E-state index in [0.29, 0.717) is 28.0 Å². The number of anilines is 1. The van der Waals surface area contributed by atoms with Gasteiger partial charge in [-0.2, -0.15) is 0 Å². The number of aryl methyl sites for hydroxylation is 1. The molecule has 112 valence electrons. The van der Waals surface area contributed by atoms with E-state index in [-0.39, 0.29) is 0 Å². The van der Waals surface area contributed by atoms with Gasteiger partial charge in [0.05, 0.1) is 23.7 Å². The molecule has 1 aromatic heterocycles. The Morgan fingerprint density at radius 3 is 2.59 bits per heavy atom. The molecule has 0 spiro atoms. The lowest BCUT2D eigenvalue weighted by atomic mass is 10.2. The van der Waals surface area contributed by atoms with Gasteiger partial charge in [-0.25, -0.2) is 9.36 Å². The number of carbonyl (C=O) groups is 1. The van der Waals surface area contributed by atoms with Crippen molar-refractivity contribution in [3.8, 4) is 5.75 Å². The number of hydrogen-bond donors (Lipinski definition) is 1. The van der Waals surface area contributed by atoms with Crippen molar-refractivity contribution in [2.24, 2.45) is 7.05 Å². The SMILES string of the molecule is COc1ccccc1C(=O)n1c(=O)n(C)c2ccc(N)cc21. The van der Waals surface area contributed by atoms with Crippen molar-refractivity contribution in [3.05, 3.63) is 58.5 Å². The first-order chi connectivity index (χ1) is 10.5. The van der Waals surface area contributed by atoms with Gasteiger partial charge in [-0.3, -0.25) is 9.36 Å². The number of hydrogen-bond acceptors (Lipinski definition) is 4. The number of para-hydroxylation sites is 1. The molecular formula is C16H15N3O3. The van der Waals surface area contributed by atoms with Crippen molar-refractivity contribution in [2.75, 3.05) is 12.8 Å². The largest absolute Gasteiger partial charge is 0.496 e. The van der Waals surface area contributed by atoms with Crippen LogP contribution in [0.4, 0.5) is 5.69 Å². The van der Waals surface area contributed by atoms with Gasteiger partial charge in [-0.1, -0.05) is 12.1 Å². The summed E-state index contributed by atoms with van der Waals surface area (Å²) in [5.41, 5.74) is 7.29. The predicted octanol–water partition coefficient (Wildman–Crippen LogP) is 1.62. The summed E-state index contributed by atoms with van der Waals surface area (Å²) in [5, 5.41) is 0.